The first-order valence-electron chi connectivity index (χ1n) is 8.21. The maximum Gasteiger partial charge on any atom is 0.328 e. The molecule has 2 amide bonds. The maximum absolute atomic E-state index is 12.5. The van der Waals surface area contributed by atoms with Crippen LogP contribution in [0.2, 0.25) is 0 Å². The molecule has 0 fully saturated rings. The summed E-state index contributed by atoms with van der Waals surface area (Å²) in [6.07, 6.45) is 3.07. The molecule has 3 rings (SSSR count). The highest BCUT2D eigenvalue weighted by molar-refractivity contribution is 9.10. The molecule has 0 aliphatic carbocycles. The molecule has 0 unspecified atom stereocenters. The lowest BCUT2D eigenvalue weighted by Crippen LogP contribution is -2.34. The molecule has 2 N–H and O–H groups in total. The summed E-state index contributed by atoms with van der Waals surface area (Å²) < 4.78 is 3.61. The van der Waals surface area contributed by atoms with Crippen LogP contribution < -0.4 is 16.3 Å². The number of aromatic nitrogens is 3. The Bertz CT molecular complexity index is 1070. The van der Waals surface area contributed by atoms with Crippen LogP contribution in [0.25, 0.3) is 11.0 Å². The SMILES string of the molecule is Cn1c(=O)n(C)c2cc(C(=O)NCCNC(=O)c3cccnc3)c(Br)cc21. The van der Waals surface area contributed by atoms with Crippen molar-refractivity contribution in [2.45, 2.75) is 0 Å². The van der Waals surface area contributed by atoms with Crippen molar-refractivity contribution in [1.29, 1.82) is 0 Å². The van der Waals surface area contributed by atoms with E-state index in [0.717, 1.165) is 5.52 Å². The minimum atomic E-state index is -0.296. The average molecular weight is 432 g/mol. The molecular formula is C18H18BrN5O3. The highest BCUT2D eigenvalue weighted by Gasteiger charge is 2.15. The van der Waals surface area contributed by atoms with Crippen LogP contribution in [0, 0.1) is 0 Å². The number of benzene rings is 1. The zero-order valence-corrected chi connectivity index (χ0v) is 16.4. The molecule has 0 aliphatic rings. The summed E-state index contributed by atoms with van der Waals surface area (Å²) in [5, 5.41) is 5.47. The van der Waals surface area contributed by atoms with Gasteiger partial charge in [-0.15, -0.1) is 0 Å². The van der Waals surface area contributed by atoms with E-state index in [2.05, 4.69) is 31.5 Å². The highest BCUT2D eigenvalue weighted by atomic mass is 79.9. The van der Waals surface area contributed by atoms with Crippen molar-refractivity contribution in [3.63, 3.8) is 0 Å². The average Bonchev–Trinajstić information content (AvgIpc) is 2.88. The Morgan fingerprint density at radius 3 is 2.33 bits per heavy atom. The monoisotopic (exact) mass is 431 g/mol. The van der Waals surface area contributed by atoms with Crippen LogP contribution in [0.4, 0.5) is 0 Å². The fourth-order valence-corrected chi connectivity index (χ4v) is 3.25. The molecule has 0 saturated heterocycles. The Labute approximate surface area is 163 Å². The third-order valence-corrected chi connectivity index (χ3v) is 4.88. The van der Waals surface area contributed by atoms with Gasteiger partial charge in [-0.3, -0.25) is 23.7 Å². The summed E-state index contributed by atoms with van der Waals surface area (Å²) in [7, 11) is 3.34. The van der Waals surface area contributed by atoms with Crippen molar-refractivity contribution < 1.29 is 9.59 Å². The number of nitrogens with zero attached hydrogens (tertiary/aromatic N) is 3. The number of amides is 2. The minimum absolute atomic E-state index is 0.160. The molecule has 27 heavy (non-hydrogen) atoms. The number of carbonyl (C=O) groups excluding carboxylic acids is 2. The Balaban J connectivity index is 1.64. The number of imidazole rings is 1. The summed E-state index contributed by atoms with van der Waals surface area (Å²) in [6.45, 7) is 0.548. The van der Waals surface area contributed by atoms with Crippen molar-refractivity contribution in [2.24, 2.45) is 14.1 Å². The van der Waals surface area contributed by atoms with Gasteiger partial charge in [0.25, 0.3) is 11.8 Å². The number of pyridine rings is 1. The van der Waals surface area contributed by atoms with Crippen molar-refractivity contribution in [3.8, 4) is 0 Å². The van der Waals surface area contributed by atoms with Gasteiger partial charge in [-0.25, -0.2) is 4.79 Å². The van der Waals surface area contributed by atoms with Crippen LogP contribution in [-0.4, -0.2) is 39.0 Å². The topological polar surface area (TPSA) is 98.0 Å². The van der Waals surface area contributed by atoms with Crippen molar-refractivity contribution in [1.82, 2.24) is 24.8 Å². The fraction of sp³-hybridized carbons (Fsp3) is 0.222. The number of nitrogens with one attached hydrogen (secondary N) is 2. The predicted molar refractivity (Wildman–Crippen MR) is 105 cm³/mol. The predicted octanol–water partition coefficient (Wildman–Crippen LogP) is 1.19. The zero-order valence-electron chi connectivity index (χ0n) is 14.8. The number of halogens is 1. The molecule has 8 nitrogen and oxygen atoms in total. The van der Waals surface area contributed by atoms with Gasteiger partial charge in [0.05, 0.1) is 22.2 Å². The smallest absolute Gasteiger partial charge is 0.328 e. The molecule has 9 heteroatoms. The maximum atomic E-state index is 12.5. The lowest BCUT2D eigenvalue weighted by Gasteiger charge is -2.09. The van der Waals surface area contributed by atoms with Gasteiger partial charge in [0.1, 0.15) is 0 Å². The van der Waals surface area contributed by atoms with Gasteiger partial charge in [0.2, 0.25) is 0 Å². The van der Waals surface area contributed by atoms with E-state index in [1.165, 1.54) is 15.3 Å². The Hall–Kier alpha value is -2.94. The van der Waals surface area contributed by atoms with Crippen LogP contribution in [-0.2, 0) is 14.1 Å². The first-order valence-corrected chi connectivity index (χ1v) is 9.01. The summed E-state index contributed by atoms with van der Waals surface area (Å²) in [6, 6.07) is 6.76. The molecule has 3 aromatic rings. The van der Waals surface area contributed by atoms with Gasteiger partial charge in [-0.1, -0.05) is 0 Å². The molecule has 2 heterocycles. The van der Waals surface area contributed by atoms with Crippen LogP contribution in [0.1, 0.15) is 20.7 Å². The molecule has 2 aromatic heterocycles. The van der Waals surface area contributed by atoms with Gasteiger partial charge < -0.3 is 10.6 Å². The van der Waals surface area contributed by atoms with Gasteiger partial charge in [-0.2, -0.15) is 0 Å². The number of carbonyl (C=O) groups is 2. The number of hydrogen-bond donors (Lipinski definition) is 2. The summed E-state index contributed by atoms with van der Waals surface area (Å²) in [5.74, 6) is -0.546. The highest BCUT2D eigenvalue weighted by Crippen LogP contribution is 2.23. The van der Waals surface area contributed by atoms with Crippen LogP contribution in [0.15, 0.2) is 45.9 Å². The third-order valence-electron chi connectivity index (χ3n) is 4.23. The molecular weight excluding hydrogens is 414 g/mol. The molecule has 1 aromatic carbocycles. The van der Waals surface area contributed by atoms with Crippen molar-refractivity contribution in [2.75, 3.05) is 13.1 Å². The van der Waals surface area contributed by atoms with E-state index in [1.807, 2.05) is 0 Å². The molecule has 0 radical (unpaired) electrons. The van der Waals surface area contributed by atoms with E-state index in [9.17, 15) is 14.4 Å². The Morgan fingerprint density at radius 1 is 1.07 bits per heavy atom. The quantitative estimate of drug-likeness (QED) is 0.592. The fourth-order valence-electron chi connectivity index (χ4n) is 2.74. The molecule has 0 aliphatic heterocycles. The van der Waals surface area contributed by atoms with Crippen LogP contribution in [0.3, 0.4) is 0 Å². The summed E-state index contributed by atoms with van der Waals surface area (Å²) in [4.78, 5) is 40.3. The van der Waals surface area contributed by atoms with Crippen LogP contribution >= 0.6 is 15.9 Å². The number of aryl methyl sites for hydroxylation is 2. The van der Waals surface area contributed by atoms with E-state index >= 15 is 0 Å². The van der Waals surface area contributed by atoms with Gasteiger partial charge >= 0.3 is 5.69 Å². The van der Waals surface area contributed by atoms with Crippen molar-refractivity contribution >= 4 is 38.8 Å². The number of rotatable bonds is 5. The lowest BCUT2D eigenvalue weighted by atomic mass is 10.2. The second kappa shape index (κ2) is 7.75. The standard InChI is InChI=1S/C18H18BrN5O3/c1-23-14-8-12(13(19)9-15(14)24(2)18(23)27)17(26)22-7-6-21-16(25)11-4-3-5-20-10-11/h3-5,8-10H,6-7H2,1-2H3,(H,21,25)(H,22,26). The Morgan fingerprint density at radius 2 is 1.70 bits per heavy atom. The zero-order chi connectivity index (χ0) is 19.6. The van der Waals surface area contributed by atoms with Crippen LogP contribution in [0.5, 0.6) is 0 Å². The van der Waals surface area contributed by atoms with E-state index < -0.39 is 0 Å². The molecule has 0 atom stereocenters. The first kappa shape index (κ1) is 18.8. The molecule has 0 spiro atoms. The van der Waals surface area contributed by atoms with E-state index in [0.29, 0.717) is 21.1 Å². The molecule has 0 saturated carbocycles. The largest absolute Gasteiger partial charge is 0.350 e. The third kappa shape index (κ3) is 3.77. The normalized spacial score (nSPS) is 10.8. The summed E-state index contributed by atoms with van der Waals surface area (Å²) >= 11 is 3.39. The first-order chi connectivity index (χ1) is 12.9. The molecule has 140 valence electrons. The van der Waals surface area contributed by atoms with Gasteiger partial charge in [0.15, 0.2) is 0 Å². The van der Waals surface area contributed by atoms with Gasteiger partial charge in [-0.05, 0) is 40.2 Å². The van der Waals surface area contributed by atoms with Gasteiger partial charge in [0, 0.05) is 44.1 Å². The van der Waals surface area contributed by atoms with E-state index in [4.69, 9.17) is 0 Å². The van der Waals surface area contributed by atoms with E-state index in [1.54, 1.807) is 44.6 Å². The minimum Gasteiger partial charge on any atom is -0.350 e. The summed E-state index contributed by atoms with van der Waals surface area (Å²) in [5.41, 5.74) is 2.12. The lowest BCUT2D eigenvalue weighted by molar-refractivity contribution is 0.0927. The second-order valence-corrected chi connectivity index (χ2v) is 6.83. The number of fused-ring (bicyclic) bond motifs is 1. The Kier molecular flexibility index (Phi) is 5.41. The van der Waals surface area contributed by atoms with Crippen molar-refractivity contribution in [3.05, 3.63) is 62.7 Å². The molecule has 0 bridgehead atoms. The number of hydrogen-bond acceptors (Lipinski definition) is 4. The van der Waals surface area contributed by atoms with E-state index in [-0.39, 0.29) is 30.6 Å². The second-order valence-electron chi connectivity index (χ2n) is 5.97.